The number of aromatic nitrogens is 4. The second kappa shape index (κ2) is 10.8. The van der Waals surface area contributed by atoms with Crippen LogP contribution in [0.25, 0.3) is 5.70 Å². The van der Waals surface area contributed by atoms with Crippen molar-refractivity contribution in [3.05, 3.63) is 66.3 Å². The molecule has 34 heavy (non-hydrogen) atoms. The Labute approximate surface area is 199 Å². The highest BCUT2D eigenvalue weighted by Gasteiger charge is 2.24. The molecule has 9 heteroatoms. The van der Waals surface area contributed by atoms with Crippen LogP contribution in [0.3, 0.4) is 0 Å². The van der Waals surface area contributed by atoms with Gasteiger partial charge < -0.3 is 19.2 Å². The van der Waals surface area contributed by atoms with Crippen LogP contribution in [0.2, 0.25) is 0 Å². The molecule has 0 radical (unpaired) electrons. The number of piperidine rings is 1. The van der Waals surface area contributed by atoms with Gasteiger partial charge in [0, 0.05) is 43.9 Å². The Bertz CT molecular complexity index is 1100. The second-order valence-corrected chi connectivity index (χ2v) is 8.07. The second-order valence-electron chi connectivity index (χ2n) is 8.07. The molecule has 3 aromatic rings. The highest BCUT2D eigenvalue weighted by atomic mass is 16.7. The fourth-order valence-electron chi connectivity index (χ4n) is 3.63. The first-order valence-electron chi connectivity index (χ1n) is 11.4. The number of anilines is 1. The van der Waals surface area contributed by atoms with Gasteiger partial charge in [0.2, 0.25) is 11.8 Å². The Morgan fingerprint density at radius 2 is 1.74 bits per heavy atom. The molecular weight excluding hydrogens is 432 g/mol. The summed E-state index contributed by atoms with van der Waals surface area (Å²) in [5.74, 6) is 2.46. The number of ether oxygens (including phenoxy) is 2. The number of nitrogens with one attached hydrogen (secondary N) is 1. The minimum Gasteiger partial charge on any atom is -0.497 e. The molecule has 1 N–H and O–H groups in total. The number of aryl methyl sites for hydroxylation is 1. The van der Waals surface area contributed by atoms with E-state index in [1.165, 1.54) is 6.33 Å². The molecule has 0 bridgehead atoms. The Morgan fingerprint density at radius 3 is 2.38 bits per heavy atom. The van der Waals surface area contributed by atoms with E-state index in [0.29, 0.717) is 17.5 Å². The van der Waals surface area contributed by atoms with Gasteiger partial charge in [-0.2, -0.15) is 4.98 Å². The average molecular weight is 463 g/mol. The molecule has 0 spiro atoms. The van der Waals surface area contributed by atoms with E-state index in [2.05, 4.69) is 43.8 Å². The zero-order valence-corrected chi connectivity index (χ0v) is 19.8. The molecule has 1 saturated heterocycles. The highest BCUT2D eigenvalue weighted by Crippen LogP contribution is 2.26. The summed E-state index contributed by atoms with van der Waals surface area (Å²) in [5.41, 5.74) is 6.20. The van der Waals surface area contributed by atoms with Gasteiger partial charge >= 0.3 is 0 Å². The van der Waals surface area contributed by atoms with Gasteiger partial charge in [0.25, 0.3) is 5.88 Å². The van der Waals surface area contributed by atoms with Crippen molar-refractivity contribution >= 4 is 11.6 Å². The molecule has 1 fully saturated rings. The van der Waals surface area contributed by atoms with Crippen LogP contribution in [-0.2, 0) is 6.42 Å². The van der Waals surface area contributed by atoms with Crippen LogP contribution < -0.4 is 24.7 Å². The van der Waals surface area contributed by atoms with Crippen molar-refractivity contribution in [3.8, 4) is 17.5 Å². The predicted molar refractivity (Wildman–Crippen MR) is 130 cm³/mol. The Hall–Kier alpha value is -3.88. The lowest BCUT2D eigenvalue weighted by Crippen LogP contribution is -2.39. The van der Waals surface area contributed by atoms with Gasteiger partial charge in [-0.25, -0.2) is 20.4 Å². The molecule has 0 aliphatic carbocycles. The molecule has 9 nitrogen and oxygen atoms in total. The number of nitrogens with zero attached hydrogens (tertiary/aromatic N) is 5. The first-order valence-corrected chi connectivity index (χ1v) is 11.4. The third-order valence-electron chi connectivity index (χ3n) is 5.80. The third kappa shape index (κ3) is 5.54. The zero-order chi connectivity index (χ0) is 23.9. The van der Waals surface area contributed by atoms with Gasteiger partial charge in [0.1, 0.15) is 18.2 Å². The Kier molecular flexibility index (Phi) is 7.41. The molecule has 178 valence electrons. The summed E-state index contributed by atoms with van der Waals surface area (Å²) >= 11 is 0. The molecule has 0 saturated carbocycles. The summed E-state index contributed by atoms with van der Waals surface area (Å²) < 4.78 is 11.4. The van der Waals surface area contributed by atoms with E-state index in [1.54, 1.807) is 7.11 Å². The van der Waals surface area contributed by atoms with E-state index in [0.717, 1.165) is 60.7 Å². The van der Waals surface area contributed by atoms with Crippen LogP contribution in [0, 0.1) is 6.92 Å². The smallest absolute Gasteiger partial charge is 0.255 e. The number of hydrogen-bond acceptors (Lipinski definition) is 9. The van der Waals surface area contributed by atoms with Crippen molar-refractivity contribution in [1.82, 2.24) is 25.4 Å². The van der Waals surface area contributed by atoms with Crippen LogP contribution in [0.4, 0.5) is 5.95 Å². The molecule has 0 unspecified atom stereocenters. The number of hydroxylamine groups is 1. The van der Waals surface area contributed by atoms with E-state index in [1.807, 2.05) is 43.6 Å². The summed E-state index contributed by atoms with van der Waals surface area (Å²) in [7, 11) is 1.63. The topological polar surface area (TPSA) is 94.5 Å². The predicted octanol–water partition coefficient (Wildman–Crippen LogP) is 3.75. The molecule has 0 amide bonds. The lowest BCUT2D eigenvalue weighted by molar-refractivity contribution is 0.159. The number of hydrogen-bond donors (Lipinski definition) is 1. The van der Waals surface area contributed by atoms with Crippen molar-refractivity contribution in [3.63, 3.8) is 0 Å². The first-order chi connectivity index (χ1) is 16.6. The van der Waals surface area contributed by atoms with Gasteiger partial charge in [0.05, 0.1) is 18.4 Å². The summed E-state index contributed by atoms with van der Waals surface area (Å²) in [6.07, 6.45) is 7.92. The fourth-order valence-corrected chi connectivity index (χ4v) is 3.63. The molecule has 1 aromatic carbocycles. The van der Waals surface area contributed by atoms with Crippen molar-refractivity contribution in [1.29, 1.82) is 0 Å². The minimum absolute atomic E-state index is 0.0508. The molecule has 1 aliphatic heterocycles. The van der Waals surface area contributed by atoms with Crippen molar-refractivity contribution in [2.75, 3.05) is 25.1 Å². The number of benzene rings is 1. The van der Waals surface area contributed by atoms with Crippen LogP contribution in [0.5, 0.6) is 17.5 Å². The van der Waals surface area contributed by atoms with Gasteiger partial charge in [-0.15, -0.1) is 0 Å². The minimum atomic E-state index is 0.0508. The first kappa shape index (κ1) is 23.3. The Balaban J connectivity index is 1.31. The molecule has 3 heterocycles. The SMILES string of the molecule is C=C(NOc1ncnc(OC2CCN(c3ncc(CC)cn3)CC2)c1C)c1ccc(OC)cc1. The van der Waals surface area contributed by atoms with E-state index in [-0.39, 0.29) is 6.10 Å². The largest absolute Gasteiger partial charge is 0.497 e. The quantitative estimate of drug-likeness (QED) is 0.477. The zero-order valence-electron chi connectivity index (χ0n) is 19.8. The highest BCUT2D eigenvalue weighted by molar-refractivity contribution is 5.61. The van der Waals surface area contributed by atoms with Crippen LogP contribution in [-0.4, -0.2) is 46.2 Å². The standard InChI is InChI=1S/C25H30N6O3/c1-5-19-14-26-25(27-15-19)31-12-10-22(11-13-31)33-23-17(2)24(29-16-28-23)34-30-18(3)20-6-8-21(32-4)9-7-20/h6-9,14-16,22,30H,3,5,10-13H2,1-2,4H3. The molecule has 2 aromatic heterocycles. The lowest BCUT2D eigenvalue weighted by Gasteiger charge is -2.32. The maximum absolute atomic E-state index is 6.20. The monoisotopic (exact) mass is 462 g/mol. The fraction of sp³-hybridized carbons (Fsp3) is 0.360. The summed E-state index contributed by atoms with van der Waals surface area (Å²) in [5, 5.41) is 0. The van der Waals surface area contributed by atoms with Gasteiger partial charge in [0.15, 0.2) is 0 Å². The van der Waals surface area contributed by atoms with E-state index >= 15 is 0 Å². The van der Waals surface area contributed by atoms with Crippen LogP contribution in [0.15, 0.2) is 49.6 Å². The van der Waals surface area contributed by atoms with Crippen molar-refractivity contribution in [2.45, 2.75) is 39.2 Å². The van der Waals surface area contributed by atoms with E-state index < -0.39 is 0 Å². The third-order valence-corrected chi connectivity index (χ3v) is 5.80. The summed E-state index contributed by atoms with van der Waals surface area (Å²) in [6, 6.07) is 7.52. The van der Waals surface area contributed by atoms with Crippen molar-refractivity contribution < 1.29 is 14.3 Å². The maximum atomic E-state index is 6.20. The lowest BCUT2D eigenvalue weighted by atomic mass is 10.1. The number of methoxy groups -OCH3 is 1. The number of rotatable bonds is 9. The average Bonchev–Trinajstić information content (AvgIpc) is 2.89. The summed E-state index contributed by atoms with van der Waals surface area (Å²) in [6.45, 7) is 9.64. The van der Waals surface area contributed by atoms with Crippen molar-refractivity contribution in [2.24, 2.45) is 0 Å². The van der Waals surface area contributed by atoms with Gasteiger partial charge in [-0.3, -0.25) is 0 Å². The maximum Gasteiger partial charge on any atom is 0.255 e. The molecule has 1 aliphatic rings. The molecule has 0 atom stereocenters. The normalized spacial score (nSPS) is 13.9. The molecule has 4 rings (SSSR count). The van der Waals surface area contributed by atoms with E-state index in [9.17, 15) is 0 Å². The van der Waals surface area contributed by atoms with E-state index in [4.69, 9.17) is 14.3 Å². The Morgan fingerprint density at radius 1 is 1.06 bits per heavy atom. The van der Waals surface area contributed by atoms with Crippen LogP contribution >= 0.6 is 0 Å². The van der Waals surface area contributed by atoms with Gasteiger partial charge in [-0.1, -0.05) is 13.5 Å². The van der Waals surface area contributed by atoms with Crippen LogP contribution in [0.1, 0.15) is 36.5 Å². The molecular formula is C25H30N6O3. The summed E-state index contributed by atoms with van der Waals surface area (Å²) in [4.78, 5) is 25.4. The van der Waals surface area contributed by atoms with Gasteiger partial charge in [-0.05, 0) is 43.2 Å².